The van der Waals surface area contributed by atoms with Gasteiger partial charge in [-0.2, -0.15) is 0 Å². The molecule has 0 aliphatic heterocycles. The number of fused-ring (bicyclic) bond motifs is 3. The predicted octanol–water partition coefficient (Wildman–Crippen LogP) is 4.08. The van der Waals surface area contributed by atoms with Crippen LogP contribution < -0.4 is 10.1 Å². The van der Waals surface area contributed by atoms with Crippen LogP contribution in [0.2, 0.25) is 0 Å². The maximum absolute atomic E-state index is 12.2. The molecule has 0 spiro atoms. The van der Waals surface area contributed by atoms with E-state index in [0.717, 1.165) is 0 Å². The van der Waals surface area contributed by atoms with Crippen LogP contribution >= 0.6 is 0 Å². The third kappa shape index (κ3) is 11.3. The van der Waals surface area contributed by atoms with Gasteiger partial charge in [0.05, 0.1) is 71.6 Å². The average molecular weight is 668 g/mol. The fourth-order valence-electron chi connectivity index (χ4n) is 5.02. The number of hydrogen-bond acceptors (Lipinski definition) is 10. The number of carboxylic acids is 2. The average Bonchev–Trinajstić information content (AvgIpc) is 3.41. The Labute approximate surface area is 278 Å². The van der Waals surface area contributed by atoms with Crippen LogP contribution in [0, 0.1) is 0 Å². The van der Waals surface area contributed by atoms with Gasteiger partial charge in [-0.1, -0.05) is 48.5 Å². The molecule has 1 aliphatic rings. The van der Waals surface area contributed by atoms with Crippen LogP contribution in [0.3, 0.4) is 0 Å². The van der Waals surface area contributed by atoms with E-state index >= 15 is 0 Å². The molecule has 0 saturated carbocycles. The minimum atomic E-state index is -1.21. The Hall–Kier alpha value is -4.53. The van der Waals surface area contributed by atoms with E-state index in [1.807, 2.05) is 24.3 Å². The Morgan fingerprint density at radius 3 is 1.62 bits per heavy atom. The highest BCUT2D eigenvalue weighted by Gasteiger charge is 2.29. The number of carbonyl (C=O) groups is 3. The number of ether oxygens (including phenoxy) is 7. The lowest BCUT2D eigenvalue weighted by Gasteiger charge is -2.14. The molecule has 0 aromatic heterocycles. The summed E-state index contributed by atoms with van der Waals surface area (Å²) in [5.74, 6) is -2.40. The van der Waals surface area contributed by atoms with Crippen molar-refractivity contribution >= 4 is 18.0 Å². The molecule has 4 rings (SSSR count). The second kappa shape index (κ2) is 20.0. The lowest BCUT2D eigenvalue weighted by molar-refractivity contribution is -0.0125. The lowest BCUT2D eigenvalue weighted by Crippen LogP contribution is -2.29. The summed E-state index contributed by atoms with van der Waals surface area (Å²) in [4.78, 5) is 34.6. The molecule has 13 heteroatoms. The van der Waals surface area contributed by atoms with Crippen LogP contribution in [-0.4, -0.2) is 114 Å². The zero-order valence-corrected chi connectivity index (χ0v) is 26.6. The molecular weight excluding hydrogens is 626 g/mol. The first-order valence-corrected chi connectivity index (χ1v) is 15.7. The monoisotopic (exact) mass is 667 g/mol. The lowest BCUT2D eigenvalue weighted by atomic mass is 9.98. The molecule has 13 nitrogen and oxygen atoms in total. The van der Waals surface area contributed by atoms with Gasteiger partial charge in [0.2, 0.25) is 0 Å². The number of aromatic carboxylic acids is 2. The zero-order valence-electron chi connectivity index (χ0n) is 26.6. The van der Waals surface area contributed by atoms with Gasteiger partial charge in [-0.25, -0.2) is 14.4 Å². The SMILES string of the molecule is O=C(NCCOCCOCCOCCOCCOCCOc1cc(C(=O)O)ccc1C(=O)O)OCC1c2ccccc2-c2ccccc21. The van der Waals surface area contributed by atoms with E-state index in [0.29, 0.717) is 66.0 Å². The van der Waals surface area contributed by atoms with Gasteiger partial charge in [0.25, 0.3) is 0 Å². The van der Waals surface area contributed by atoms with Crippen LogP contribution in [0.25, 0.3) is 11.1 Å². The first-order valence-electron chi connectivity index (χ1n) is 15.7. The Morgan fingerprint density at radius 1 is 0.604 bits per heavy atom. The highest BCUT2D eigenvalue weighted by atomic mass is 16.6. The van der Waals surface area contributed by atoms with Gasteiger partial charge < -0.3 is 48.7 Å². The maximum Gasteiger partial charge on any atom is 0.407 e. The fourth-order valence-corrected chi connectivity index (χ4v) is 5.02. The number of carboxylic acid groups (broad SMARTS) is 2. The first-order chi connectivity index (χ1) is 23.5. The Morgan fingerprint density at radius 2 is 1.10 bits per heavy atom. The Bertz CT molecular complexity index is 1430. The highest BCUT2D eigenvalue weighted by Crippen LogP contribution is 2.44. The van der Waals surface area contributed by atoms with E-state index in [1.165, 1.54) is 40.5 Å². The van der Waals surface area contributed by atoms with Gasteiger partial charge >= 0.3 is 18.0 Å². The summed E-state index contributed by atoms with van der Waals surface area (Å²) < 4.78 is 38.1. The van der Waals surface area contributed by atoms with E-state index in [9.17, 15) is 19.5 Å². The first kappa shape index (κ1) is 36.3. The molecule has 3 aromatic rings. The van der Waals surface area contributed by atoms with E-state index in [1.54, 1.807) is 0 Å². The molecule has 1 amide bonds. The molecule has 3 aromatic carbocycles. The molecule has 0 heterocycles. The topological polar surface area (TPSA) is 168 Å². The zero-order chi connectivity index (χ0) is 34.0. The molecule has 0 atom stereocenters. The summed E-state index contributed by atoms with van der Waals surface area (Å²) >= 11 is 0. The summed E-state index contributed by atoms with van der Waals surface area (Å²) in [6, 6.07) is 20.0. The van der Waals surface area contributed by atoms with Gasteiger partial charge in [-0.15, -0.1) is 0 Å². The molecule has 0 bridgehead atoms. The number of carbonyl (C=O) groups excluding carboxylic acids is 1. The summed E-state index contributed by atoms with van der Waals surface area (Å²) in [5, 5.41) is 21.0. The Balaban J connectivity index is 0.906. The van der Waals surface area contributed by atoms with E-state index in [4.69, 9.17) is 38.3 Å². The van der Waals surface area contributed by atoms with Gasteiger partial charge in [-0.05, 0) is 40.5 Å². The maximum atomic E-state index is 12.2. The molecule has 0 radical (unpaired) electrons. The molecule has 3 N–H and O–H groups in total. The third-order valence-corrected chi connectivity index (χ3v) is 7.29. The number of nitrogens with one attached hydrogen (secondary N) is 1. The second-order valence-electron chi connectivity index (χ2n) is 10.5. The highest BCUT2D eigenvalue weighted by molar-refractivity contribution is 5.94. The number of hydrogen-bond donors (Lipinski definition) is 3. The normalized spacial score (nSPS) is 11.9. The van der Waals surface area contributed by atoms with Crippen LogP contribution in [0.5, 0.6) is 5.75 Å². The van der Waals surface area contributed by atoms with Crippen LogP contribution in [-0.2, 0) is 28.4 Å². The van der Waals surface area contributed by atoms with Crippen molar-refractivity contribution in [3.8, 4) is 16.9 Å². The number of rotatable bonds is 23. The van der Waals surface area contributed by atoms with Crippen LogP contribution in [0.15, 0.2) is 66.7 Å². The van der Waals surface area contributed by atoms with E-state index < -0.39 is 18.0 Å². The molecular formula is C35H41NO12. The van der Waals surface area contributed by atoms with Crippen molar-refractivity contribution in [3.05, 3.63) is 89.0 Å². The summed E-state index contributed by atoms with van der Waals surface area (Å²) in [6.07, 6.45) is -0.476. The van der Waals surface area contributed by atoms with Crippen molar-refractivity contribution in [2.45, 2.75) is 5.92 Å². The molecule has 0 unspecified atom stereocenters. The standard InChI is InChI=1S/C35H41NO12/c37-33(38)25-9-10-30(34(39)40)32(23-25)47-22-21-46-20-19-45-18-17-44-16-15-43-14-13-42-12-11-36-35(41)48-24-31-28-7-3-1-5-26(28)27-6-2-4-8-29(27)31/h1-10,23,31H,11-22,24H2,(H,36,41)(H,37,38)(H,39,40). The van der Waals surface area contributed by atoms with Gasteiger partial charge in [-0.3, -0.25) is 0 Å². The third-order valence-electron chi connectivity index (χ3n) is 7.29. The minimum absolute atomic E-state index is 0.0182. The van der Waals surface area contributed by atoms with Crippen molar-refractivity contribution in [1.82, 2.24) is 5.32 Å². The quantitative estimate of drug-likeness (QED) is 0.124. The second-order valence-corrected chi connectivity index (χ2v) is 10.5. The van der Waals surface area contributed by atoms with Crippen molar-refractivity contribution in [1.29, 1.82) is 0 Å². The van der Waals surface area contributed by atoms with Gasteiger partial charge in [0.1, 0.15) is 24.5 Å². The smallest absolute Gasteiger partial charge is 0.407 e. The number of benzene rings is 3. The van der Waals surface area contributed by atoms with Crippen molar-refractivity contribution < 1.29 is 57.8 Å². The van der Waals surface area contributed by atoms with Gasteiger partial charge in [0, 0.05) is 12.5 Å². The molecule has 258 valence electrons. The predicted molar refractivity (Wildman–Crippen MR) is 173 cm³/mol. The largest absolute Gasteiger partial charge is 0.490 e. The number of alkyl carbamates (subject to hydrolysis) is 1. The van der Waals surface area contributed by atoms with Crippen molar-refractivity contribution in [2.75, 3.05) is 85.8 Å². The van der Waals surface area contributed by atoms with Gasteiger partial charge in [0.15, 0.2) is 0 Å². The summed E-state index contributed by atoms with van der Waals surface area (Å²) in [6.45, 7) is 4.16. The van der Waals surface area contributed by atoms with Crippen LogP contribution in [0.4, 0.5) is 4.79 Å². The van der Waals surface area contributed by atoms with Crippen molar-refractivity contribution in [3.63, 3.8) is 0 Å². The summed E-state index contributed by atoms with van der Waals surface area (Å²) in [5.41, 5.74) is 4.51. The molecule has 0 fully saturated rings. The fraction of sp³-hybridized carbons (Fsp3) is 0.400. The molecule has 48 heavy (non-hydrogen) atoms. The molecule has 1 aliphatic carbocycles. The molecule has 0 saturated heterocycles. The van der Waals surface area contributed by atoms with E-state index in [-0.39, 0.29) is 42.6 Å². The summed E-state index contributed by atoms with van der Waals surface area (Å²) in [7, 11) is 0. The minimum Gasteiger partial charge on any atom is -0.490 e. The Kier molecular flexibility index (Phi) is 15.1. The number of amides is 1. The van der Waals surface area contributed by atoms with Crippen LogP contribution in [0.1, 0.15) is 37.8 Å². The van der Waals surface area contributed by atoms with Crippen molar-refractivity contribution in [2.24, 2.45) is 0 Å². The van der Waals surface area contributed by atoms with E-state index in [2.05, 4.69) is 29.6 Å².